The van der Waals surface area contributed by atoms with Gasteiger partial charge in [0.15, 0.2) is 5.17 Å². The van der Waals surface area contributed by atoms with Gasteiger partial charge in [0.1, 0.15) is 6.17 Å². The van der Waals surface area contributed by atoms with E-state index >= 15 is 0 Å². The van der Waals surface area contributed by atoms with E-state index in [0.29, 0.717) is 12.1 Å². The Hall–Kier alpha value is -1.20. The fourth-order valence-electron chi connectivity index (χ4n) is 5.32. The lowest BCUT2D eigenvalue weighted by Crippen LogP contribution is -2.54. The molecule has 1 aromatic carbocycles. The van der Waals surface area contributed by atoms with Crippen LogP contribution in [0.2, 0.25) is 0 Å². The second kappa shape index (κ2) is 11.6. The number of nitrogens with zero attached hydrogens (tertiary/aromatic N) is 3. The molecule has 3 fully saturated rings. The van der Waals surface area contributed by atoms with Crippen LogP contribution >= 0.6 is 24.2 Å². The van der Waals surface area contributed by atoms with Crippen LogP contribution in [-0.4, -0.2) is 40.0 Å². The van der Waals surface area contributed by atoms with E-state index in [-0.39, 0.29) is 24.5 Å². The van der Waals surface area contributed by atoms with Crippen LogP contribution in [0.15, 0.2) is 29.3 Å². The molecule has 172 valence electrons. The molecule has 1 heterocycles. The summed E-state index contributed by atoms with van der Waals surface area (Å²) in [5, 5.41) is 1.20. The Morgan fingerprint density at radius 3 is 2.23 bits per heavy atom. The van der Waals surface area contributed by atoms with Crippen molar-refractivity contribution >= 4 is 40.9 Å². The lowest BCUT2D eigenvalue weighted by Gasteiger charge is -2.41. The van der Waals surface area contributed by atoms with Crippen molar-refractivity contribution in [2.75, 3.05) is 10.7 Å². The van der Waals surface area contributed by atoms with Gasteiger partial charge >= 0.3 is 0 Å². The number of benzene rings is 1. The third-order valence-electron chi connectivity index (χ3n) is 7.00. The lowest BCUT2D eigenvalue weighted by molar-refractivity contribution is -0.117. The summed E-state index contributed by atoms with van der Waals surface area (Å²) in [5.41, 5.74) is 2.33. The van der Waals surface area contributed by atoms with Gasteiger partial charge < -0.3 is 4.90 Å². The molecule has 31 heavy (non-hydrogen) atoms. The molecule has 1 saturated heterocycles. The topological polar surface area (TPSA) is 35.9 Å². The average Bonchev–Trinajstić information content (AvgIpc) is 3.18. The normalized spacial score (nSPS) is 24.3. The molecule has 0 spiro atoms. The minimum absolute atomic E-state index is 0. The molecule has 1 aliphatic heterocycles. The van der Waals surface area contributed by atoms with E-state index in [1.807, 2.05) is 16.7 Å². The number of hydrogen-bond donors (Lipinski definition) is 0. The zero-order valence-electron chi connectivity index (χ0n) is 19.1. The number of amides is 1. The fraction of sp³-hybridized carbons (Fsp3) is 0.680. The quantitative estimate of drug-likeness (QED) is 0.505. The second-order valence-electron chi connectivity index (χ2n) is 9.10. The maximum absolute atomic E-state index is 12.9. The molecule has 0 aromatic heterocycles. The number of thioether (sulfide) groups is 1. The van der Waals surface area contributed by atoms with Crippen LogP contribution in [0.3, 0.4) is 0 Å². The van der Waals surface area contributed by atoms with E-state index in [4.69, 9.17) is 4.99 Å². The molecule has 1 amide bonds. The van der Waals surface area contributed by atoms with Gasteiger partial charge in [0.2, 0.25) is 5.91 Å². The first-order valence-electron chi connectivity index (χ1n) is 12.0. The lowest BCUT2D eigenvalue weighted by atomic mass is 9.94. The summed E-state index contributed by atoms with van der Waals surface area (Å²) in [7, 11) is 0. The summed E-state index contributed by atoms with van der Waals surface area (Å²) in [6.07, 6.45) is 13.9. The summed E-state index contributed by atoms with van der Waals surface area (Å²) < 4.78 is 0. The number of aryl methyl sites for hydroxylation is 1. The highest BCUT2D eigenvalue weighted by atomic mass is 35.5. The van der Waals surface area contributed by atoms with Gasteiger partial charge in [-0.25, -0.2) is 0 Å². The maximum atomic E-state index is 12.9. The number of anilines is 1. The highest BCUT2D eigenvalue weighted by molar-refractivity contribution is 8.14. The van der Waals surface area contributed by atoms with Crippen molar-refractivity contribution in [3.8, 4) is 0 Å². The molecular weight excluding hydrogens is 426 g/mol. The first kappa shape index (κ1) is 24.4. The molecule has 1 aromatic rings. The van der Waals surface area contributed by atoms with Crippen molar-refractivity contribution in [2.24, 2.45) is 4.99 Å². The van der Waals surface area contributed by atoms with Gasteiger partial charge in [0.05, 0.1) is 6.04 Å². The van der Waals surface area contributed by atoms with E-state index in [1.165, 1.54) is 74.9 Å². The van der Waals surface area contributed by atoms with Crippen molar-refractivity contribution < 1.29 is 4.79 Å². The molecule has 6 heteroatoms. The summed E-state index contributed by atoms with van der Waals surface area (Å²) >= 11 is 1.88. The van der Waals surface area contributed by atoms with Gasteiger partial charge in [-0.15, -0.1) is 12.4 Å². The van der Waals surface area contributed by atoms with Gasteiger partial charge in [-0.1, -0.05) is 69.3 Å². The van der Waals surface area contributed by atoms with Gasteiger partial charge in [0, 0.05) is 24.4 Å². The van der Waals surface area contributed by atoms with Crippen LogP contribution in [0.25, 0.3) is 0 Å². The van der Waals surface area contributed by atoms with Crippen LogP contribution in [0, 0.1) is 0 Å². The van der Waals surface area contributed by atoms with Gasteiger partial charge in [-0.3, -0.25) is 14.7 Å². The zero-order valence-corrected chi connectivity index (χ0v) is 20.7. The summed E-state index contributed by atoms with van der Waals surface area (Å²) in [5.74, 6) is 1.04. The standard InChI is InChI=1S/C25H37N3OS.ClH/c1-3-20-14-16-23(17-15-20)27(19(2)29)24-18-30-25(26-21-10-6-4-7-11-21)28(24)22-12-8-5-9-13-22;/h14-17,21-22,24H,3-13,18H2,1-2H3;1H. The van der Waals surface area contributed by atoms with E-state index in [0.717, 1.165) is 17.9 Å². The van der Waals surface area contributed by atoms with Crippen molar-refractivity contribution in [1.29, 1.82) is 0 Å². The van der Waals surface area contributed by atoms with Gasteiger partial charge in [0.25, 0.3) is 0 Å². The van der Waals surface area contributed by atoms with Crippen molar-refractivity contribution in [3.63, 3.8) is 0 Å². The van der Waals surface area contributed by atoms with Crippen LogP contribution in [-0.2, 0) is 11.2 Å². The molecule has 1 atom stereocenters. The molecule has 2 aliphatic carbocycles. The third kappa shape index (κ3) is 5.78. The van der Waals surface area contributed by atoms with E-state index in [9.17, 15) is 4.79 Å². The smallest absolute Gasteiger partial charge is 0.225 e. The van der Waals surface area contributed by atoms with Crippen LogP contribution in [0.4, 0.5) is 5.69 Å². The van der Waals surface area contributed by atoms with Crippen LogP contribution in [0.1, 0.15) is 83.6 Å². The monoisotopic (exact) mass is 463 g/mol. The summed E-state index contributed by atoms with van der Waals surface area (Å²) in [6, 6.07) is 9.56. The van der Waals surface area contributed by atoms with Gasteiger partial charge in [-0.2, -0.15) is 0 Å². The molecule has 2 saturated carbocycles. The van der Waals surface area contributed by atoms with Crippen molar-refractivity contribution in [1.82, 2.24) is 4.90 Å². The third-order valence-corrected chi connectivity index (χ3v) is 8.04. The summed E-state index contributed by atoms with van der Waals surface area (Å²) in [4.78, 5) is 22.7. The maximum Gasteiger partial charge on any atom is 0.225 e. The van der Waals surface area contributed by atoms with E-state index < -0.39 is 0 Å². The number of amidine groups is 1. The highest BCUT2D eigenvalue weighted by Gasteiger charge is 2.41. The first-order chi connectivity index (χ1) is 14.7. The molecule has 0 N–H and O–H groups in total. The predicted octanol–water partition coefficient (Wildman–Crippen LogP) is 6.42. The summed E-state index contributed by atoms with van der Waals surface area (Å²) in [6.45, 7) is 3.89. The highest BCUT2D eigenvalue weighted by Crippen LogP contribution is 2.37. The molecule has 1 unspecified atom stereocenters. The number of aliphatic imine (C=N–C) groups is 1. The SMILES string of the molecule is CCc1ccc(N(C(C)=O)C2CSC(=NC3CCCCC3)N2C2CCCCC2)cc1.Cl. The fourth-order valence-corrected chi connectivity index (χ4v) is 6.57. The number of rotatable bonds is 5. The van der Waals surface area contributed by atoms with Gasteiger partial charge in [-0.05, 0) is 49.8 Å². The largest absolute Gasteiger partial charge is 0.327 e. The Balaban J connectivity index is 0.00000272. The van der Waals surface area contributed by atoms with Crippen molar-refractivity contribution in [3.05, 3.63) is 29.8 Å². The number of carbonyl (C=O) groups is 1. The zero-order chi connectivity index (χ0) is 20.9. The Morgan fingerprint density at radius 2 is 1.65 bits per heavy atom. The average molecular weight is 464 g/mol. The minimum Gasteiger partial charge on any atom is -0.327 e. The number of carbonyl (C=O) groups excluding carboxylic acids is 1. The Bertz CT molecular complexity index is 742. The molecule has 0 bridgehead atoms. The molecular formula is C25H38ClN3OS. The van der Waals surface area contributed by atoms with E-state index in [2.05, 4.69) is 36.1 Å². The van der Waals surface area contributed by atoms with Crippen molar-refractivity contribution in [2.45, 2.75) is 103 Å². The Labute approximate surface area is 198 Å². The Morgan fingerprint density at radius 1 is 1.03 bits per heavy atom. The molecule has 3 aliphatic rings. The number of hydrogen-bond acceptors (Lipinski definition) is 3. The molecule has 4 rings (SSSR count). The number of halogens is 1. The second-order valence-corrected chi connectivity index (χ2v) is 10.1. The molecule has 4 nitrogen and oxygen atoms in total. The Kier molecular flexibility index (Phi) is 9.15. The minimum atomic E-state index is 0. The molecule has 0 radical (unpaired) electrons. The van der Waals surface area contributed by atoms with Crippen LogP contribution in [0.5, 0.6) is 0 Å². The van der Waals surface area contributed by atoms with E-state index in [1.54, 1.807) is 6.92 Å². The predicted molar refractivity (Wildman–Crippen MR) is 135 cm³/mol. The first-order valence-corrected chi connectivity index (χ1v) is 13.0. The van der Waals surface area contributed by atoms with Crippen LogP contribution < -0.4 is 4.90 Å².